The summed E-state index contributed by atoms with van der Waals surface area (Å²) in [6.07, 6.45) is 1.13. The molecule has 0 radical (unpaired) electrons. The van der Waals surface area contributed by atoms with Crippen LogP contribution in [0.3, 0.4) is 0 Å². The Hall–Kier alpha value is -1.37. The fourth-order valence-electron chi connectivity index (χ4n) is 2.04. The molecule has 110 valence electrons. The van der Waals surface area contributed by atoms with Crippen LogP contribution in [0.15, 0.2) is 12.1 Å². The summed E-state index contributed by atoms with van der Waals surface area (Å²) in [4.78, 5) is 15.3. The van der Waals surface area contributed by atoms with Crippen LogP contribution in [-0.2, 0) is 9.53 Å². The summed E-state index contributed by atoms with van der Waals surface area (Å²) in [5.41, 5.74) is -0.284. The minimum atomic E-state index is -0.824. The van der Waals surface area contributed by atoms with Gasteiger partial charge in [-0.2, -0.15) is 0 Å². The Morgan fingerprint density at radius 2 is 2.20 bits per heavy atom. The van der Waals surface area contributed by atoms with E-state index >= 15 is 0 Å². The maximum absolute atomic E-state index is 11.2. The van der Waals surface area contributed by atoms with Gasteiger partial charge in [0.25, 0.3) is 0 Å². The first-order chi connectivity index (χ1) is 9.48. The van der Waals surface area contributed by atoms with Crippen LogP contribution in [0.25, 0.3) is 0 Å². The fourth-order valence-corrected chi connectivity index (χ4v) is 2.18. The lowest BCUT2D eigenvalue weighted by atomic mass is 9.94. The normalized spacial score (nSPS) is 17.6. The molecule has 1 amide bonds. The molecular weight excluding hydrogens is 282 g/mol. The lowest BCUT2D eigenvalue weighted by Crippen LogP contribution is -2.42. The molecule has 0 bridgehead atoms. The van der Waals surface area contributed by atoms with Crippen LogP contribution in [0, 0.1) is 0 Å². The number of ether oxygens (including phenoxy) is 1. The molecule has 1 aliphatic rings. The van der Waals surface area contributed by atoms with E-state index in [9.17, 15) is 9.90 Å². The van der Waals surface area contributed by atoms with Crippen LogP contribution in [0.1, 0.15) is 19.8 Å². The average molecular weight is 300 g/mol. The number of rotatable bonds is 4. The molecule has 0 aromatic carbocycles. The Balaban J connectivity index is 2.07. The molecule has 1 aromatic rings. The summed E-state index contributed by atoms with van der Waals surface area (Å²) < 4.78 is 5.23. The summed E-state index contributed by atoms with van der Waals surface area (Å²) >= 11 is 5.86. The molecule has 3 N–H and O–H groups in total. The summed E-state index contributed by atoms with van der Waals surface area (Å²) in [5.74, 6) is 0.259. The topological polar surface area (TPSA) is 83.5 Å². The number of hydrogen-bond donors (Lipinski definition) is 3. The van der Waals surface area contributed by atoms with Crippen molar-refractivity contribution in [3.05, 3.63) is 17.3 Å². The molecule has 1 saturated heterocycles. The Morgan fingerprint density at radius 1 is 1.50 bits per heavy atom. The van der Waals surface area contributed by atoms with E-state index in [1.54, 1.807) is 12.1 Å². The zero-order valence-corrected chi connectivity index (χ0v) is 12.0. The molecule has 7 heteroatoms. The smallest absolute Gasteiger partial charge is 0.221 e. The van der Waals surface area contributed by atoms with Crippen molar-refractivity contribution >= 4 is 29.0 Å². The van der Waals surface area contributed by atoms with E-state index in [1.807, 2.05) is 0 Å². The van der Waals surface area contributed by atoms with Crippen molar-refractivity contribution in [2.45, 2.75) is 25.4 Å². The monoisotopic (exact) mass is 299 g/mol. The average Bonchev–Trinajstić information content (AvgIpc) is 2.39. The number of carbonyl (C=O) groups is 1. The zero-order valence-electron chi connectivity index (χ0n) is 11.3. The van der Waals surface area contributed by atoms with Gasteiger partial charge in [-0.25, -0.2) is 4.98 Å². The van der Waals surface area contributed by atoms with Gasteiger partial charge in [0, 0.05) is 39.5 Å². The number of amides is 1. The van der Waals surface area contributed by atoms with Gasteiger partial charge in [0.15, 0.2) is 5.82 Å². The van der Waals surface area contributed by atoms with Crippen LogP contribution >= 0.6 is 11.6 Å². The number of pyridine rings is 1. The third-order valence-electron chi connectivity index (χ3n) is 3.18. The van der Waals surface area contributed by atoms with Crippen LogP contribution in [0.5, 0.6) is 0 Å². The first-order valence-corrected chi connectivity index (χ1v) is 6.84. The van der Waals surface area contributed by atoms with E-state index in [4.69, 9.17) is 16.3 Å². The minimum Gasteiger partial charge on any atom is -0.388 e. The van der Waals surface area contributed by atoms with Gasteiger partial charge >= 0.3 is 0 Å². The van der Waals surface area contributed by atoms with Gasteiger partial charge in [-0.1, -0.05) is 11.6 Å². The summed E-state index contributed by atoms with van der Waals surface area (Å²) in [6.45, 7) is 2.83. The number of carbonyl (C=O) groups excluding carboxylic acids is 1. The first kappa shape index (κ1) is 15.0. The number of aromatic nitrogens is 1. The van der Waals surface area contributed by atoms with Crippen LogP contribution < -0.4 is 10.6 Å². The van der Waals surface area contributed by atoms with Gasteiger partial charge in [0.2, 0.25) is 5.91 Å². The fraction of sp³-hybridized carbons (Fsp3) is 0.538. The van der Waals surface area contributed by atoms with Crippen molar-refractivity contribution in [1.29, 1.82) is 0 Å². The highest BCUT2D eigenvalue weighted by Crippen LogP contribution is 2.25. The number of nitrogens with one attached hydrogen (secondary N) is 2. The Labute approximate surface area is 122 Å². The van der Waals surface area contributed by atoms with Crippen LogP contribution in [0.4, 0.5) is 11.5 Å². The van der Waals surface area contributed by atoms with Crippen molar-refractivity contribution in [2.75, 3.05) is 30.4 Å². The molecule has 1 fully saturated rings. The molecule has 1 aliphatic heterocycles. The molecule has 0 atom stereocenters. The van der Waals surface area contributed by atoms with E-state index in [1.165, 1.54) is 6.92 Å². The molecule has 0 unspecified atom stereocenters. The molecule has 2 heterocycles. The zero-order chi connectivity index (χ0) is 14.6. The second kappa shape index (κ2) is 6.39. The first-order valence-electron chi connectivity index (χ1n) is 6.47. The van der Waals surface area contributed by atoms with Crippen molar-refractivity contribution in [1.82, 2.24) is 4.98 Å². The number of halogens is 1. The highest BCUT2D eigenvalue weighted by Gasteiger charge is 2.29. The Morgan fingerprint density at radius 3 is 2.85 bits per heavy atom. The molecule has 1 aromatic heterocycles. The third-order valence-corrected chi connectivity index (χ3v) is 3.39. The van der Waals surface area contributed by atoms with Gasteiger partial charge in [-0.05, 0) is 12.1 Å². The maximum atomic E-state index is 11.2. The molecule has 2 rings (SSSR count). The standard InChI is InChI=1S/C13H18ClN3O3/c1-9(18)16-10-2-3-11(14)17-12(10)15-8-13(19)4-6-20-7-5-13/h2-3,19H,4-8H2,1H3,(H,15,17)(H,16,18). The van der Waals surface area contributed by atoms with Crippen molar-refractivity contribution in [3.8, 4) is 0 Å². The Kier molecular flexibility index (Phi) is 4.80. The molecular formula is C13H18ClN3O3. The van der Waals surface area contributed by atoms with Crippen LogP contribution in [0.2, 0.25) is 5.15 Å². The quantitative estimate of drug-likeness (QED) is 0.736. The van der Waals surface area contributed by atoms with Gasteiger partial charge in [-0.15, -0.1) is 0 Å². The predicted octanol–water partition coefficient (Wildman–Crippen LogP) is 1.65. The van der Waals surface area contributed by atoms with E-state index in [2.05, 4.69) is 15.6 Å². The largest absolute Gasteiger partial charge is 0.388 e. The van der Waals surface area contributed by atoms with Crippen molar-refractivity contribution in [3.63, 3.8) is 0 Å². The van der Waals surface area contributed by atoms with E-state index in [0.29, 0.717) is 49.3 Å². The number of anilines is 2. The number of nitrogens with zero attached hydrogens (tertiary/aromatic N) is 1. The molecule has 0 spiro atoms. The molecule has 6 nitrogen and oxygen atoms in total. The molecule has 20 heavy (non-hydrogen) atoms. The van der Waals surface area contributed by atoms with Gasteiger partial charge in [0.05, 0.1) is 11.3 Å². The van der Waals surface area contributed by atoms with E-state index in [0.717, 1.165) is 0 Å². The van der Waals surface area contributed by atoms with Crippen molar-refractivity contribution in [2.24, 2.45) is 0 Å². The summed E-state index contributed by atoms with van der Waals surface area (Å²) in [7, 11) is 0. The van der Waals surface area contributed by atoms with Gasteiger partial charge < -0.3 is 20.5 Å². The summed E-state index contributed by atoms with van der Waals surface area (Å²) in [5, 5.41) is 16.4. The maximum Gasteiger partial charge on any atom is 0.221 e. The number of hydrogen-bond acceptors (Lipinski definition) is 5. The number of aliphatic hydroxyl groups is 1. The Bertz CT molecular complexity index is 490. The highest BCUT2D eigenvalue weighted by molar-refractivity contribution is 6.29. The SMILES string of the molecule is CC(=O)Nc1ccc(Cl)nc1NCC1(O)CCOCC1. The second-order valence-electron chi connectivity index (χ2n) is 4.90. The van der Waals surface area contributed by atoms with Gasteiger partial charge in [-0.3, -0.25) is 4.79 Å². The van der Waals surface area contributed by atoms with Crippen molar-refractivity contribution < 1.29 is 14.6 Å². The predicted molar refractivity (Wildman–Crippen MR) is 77.0 cm³/mol. The van der Waals surface area contributed by atoms with Crippen LogP contribution in [-0.4, -0.2) is 41.4 Å². The van der Waals surface area contributed by atoms with E-state index < -0.39 is 5.60 Å². The van der Waals surface area contributed by atoms with E-state index in [-0.39, 0.29) is 5.91 Å². The van der Waals surface area contributed by atoms with Gasteiger partial charge in [0.1, 0.15) is 5.15 Å². The minimum absolute atomic E-state index is 0.193. The molecule has 0 aliphatic carbocycles. The molecule has 0 saturated carbocycles. The lowest BCUT2D eigenvalue weighted by Gasteiger charge is -2.32. The second-order valence-corrected chi connectivity index (χ2v) is 5.29. The highest BCUT2D eigenvalue weighted by atomic mass is 35.5. The lowest BCUT2D eigenvalue weighted by molar-refractivity contribution is -0.114. The summed E-state index contributed by atoms with van der Waals surface area (Å²) in [6, 6.07) is 3.27. The third kappa shape index (κ3) is 4.06.